The summed E-state index contributed by atoms with van der Waals surface area (Å²) in [5, 5.41) is 4.23. The van der Waals surface area contributed by atoms with Crippen molar-refractivity contribution in [3.8, 4) is 6.01 Å². The first-order valence-corrected chi connectivity index (χ1v) is 7.44. The monoisotopic (exact) mass is 312 g/mol. The summed E-state index contributed by atoms with van der Waals surface area (Å²) in [7, 11) is 0. The molecule has 0 unspecified atom stereocenters. The number of halogens is 2. The molecular formula is C14H18F2N4O2. The van der Waals surface area contributed by atoms with Crippen molar-refractivity contribution in [3.05, 3.63) is 22.9 Å². The third-order valence-electron chi connectivity index (χ3n) is 4.11. The van der Waals surface area contributed by atoms with Gasteiger partial charge >= 0.3 is 6.01 Å². The maximum Gasteiger partial charge on any atom is 0.317 e. The summed E-state index contributed by atoms with van der Waals surface area (Å²) >= 11 is 0. The number of alkyl halides is 2. The molecule has 0 saturated heterocycles. The fourth-order valence-corrected chi connectivity index (χ4v) is 2.74. The maximum absolute atomic E-state index is 13.1. The third kappa shape index (κ3) is 2.82. The van der Waals surface area contributed by atoms with Crippen molar-refractivity contribution in [2.24, 2.45) is 5.92 Å². The molecule has 0 aromatic carbocycles. The van der Waals surface area contributed by atoms with Crippen molar-refractivity contribution in [3.63, 3.8) is 0 Å². The van der Waals surface area contributed by atoms with Gasteiger partial charge in [-0.3, -0.25) is 9.36 Å². The normalized spacial score (nSPS) is 18.7. The van der Waals surface area contributed by atoms with E-state index in [1.807, 2.05) is 6.92 Å². The summed E-state index contributed by atoms with van der Waals surface area (Å²) in [5.74, 6) is -2.48. The minimum absolute atomic E-state index is 0.0697. The van der Waals surface area contributed by atoms with Crippen LogP contribution in [0.4, 0.5) is 8.78 Å². The minimum atomic E-state index is -2.55. The van der Waals surface area contributed by atoms with Crippen LogP contribution in [-0.2, 0) is 6.54 Å². The van der Waals surface area contributed by atoms with Crippen molar-refractivity contribution in [2.45, 2.75) is 45.1 Å². The Bertz CT molecular complexity index is 715. The molecule has 1 aliphatic rings. The highest BCUT2D eigenvalue weighted by molar-refractivity contribution is 5.41. The minimum Gasteiger partial charge on any atom is -0.463 e. The number of ether oxygens (including phenoxy) is 1. The summed E-state index contributed by atoms with van der Waals surface area (Å²) in [5.41, 5.74) is 0.159. The highest BCUT2D eigenvalue weighted by Crippen LogP contribution is 2.36. The van der Waals surface area contributed by atoms with Gasteiger partial charge in [0.1, 0.15) is 6.33 Å². The van der Waals surface area contributed by atoms with Gasteiger partial charge in [0.25, 0.3) is 5.56 Å². The molecule has 2 aromatic heterocycles. The van der Waals surface area contributed by atoms with Crippen LogP contribution < -0.4 is 10.3 Å². The third-order valence-corrected chi connectivity index (χ3v) is 4.11. The van der Waals surface area contributed by atoms with Crippen LogP contribution in [-0.4, -0.2) is 31.7 Å². The highest BCUT2D eigenvalue weighted by atomic mass is 19.3. The Kier molecular flexibility index (Phi) is 3.84. The largest absolute Gasteiger partial charge is 0.463 e. The zero-order valence-corrected chi connectivity index (χ0v) is 12.3. The van der Waals surface area contributed by atoms with Gasteiger partial charge in [0, 0.05) is 19.4 Å². The van der Waals surface area contributed by atoms with E-state index in [0.717, 1.165) is 0 Å². The van der Waals surface area contributed by atoms with E-state index >= 15 is 0 Å². The molecule has 6 nitrogen and oxygen atoms in total. The number of aromatic nitrogens is 4. The van der Waals surface area contributed by atoms with Gasteiger partial charge in [0.2, 0.25) is 5.92 Å². The van der Waals surface area contributed by atoms with Crippen LogP contribution in [0, 0.1) is 5.92 Å². The van der Waals surface area contributed by atoms with E-state index in [2.05, 4.69) is 10.1 Å². The first kappa shape index (κ1) is 14.9. The van der Waals surface area contributed by atoms with Gasteiger partial charge < -0.3 is 4.74 Å². The Morgan fingerprint density at radius 3 is 2.82 bits per heavy atom. The molecule has 120 valence electrons. The van der Waals surface area contributed by atoms with E-state index in [1.165, 1.54) is 21.6 Å². The van der Waals surface area contributed by atoms with E-state index < -0.39 is 5.92 Å². The second-order valence-electron chi connectivity index (χ2n) is 5.67. The van der Waals surface area contributed by atoms with Crippen molar-refractivity contribution >= 4 is 5.52 Å². The van der Waals surface area contributed by atoms with Gasteiger partial charge in [-0.1, -0.05) is 0 Å². The molecule has 0 spiro atoms. The average molecular weight is 312 g/mol. The van der Waals surface area contributed by atoms with Gasteiger partial charge in [-0.05, 0) is 25.7 Å². The van der Waals surface area contributed by atoms with Crippen LogP contribution >= 0.6 is 0 Å². The number of rotatable bonds is 4. The number of hydrogen-bond acceptors (Lipinski definition) is 4. The van der Waals surface area contributed by atoms with Crippen LogP contribution in [0.25, 0.3) is 5.52 Å². The summed E-state index contributed by atoms with van der Waals surface area (Å²) < 4.78 is 34.7. The Morgan fingerprint density at radius 2 is 2.14 bits per heavy atom. The van der Waals surface area contributed by atoms with Crippen LogP contribution in [0.3, 0.4) is 0 Å². The van der Waals surface area contributed by atoms with E-state index in [9.17, 15) is 13.6 Å². The number of hydrogen-bond donors (Lipinski definition) is 0. The van der Waals surface area contributed by atoms with E-state index in [0.29, 0.717) is 31.5 Å². The fraction of sp³-hybridized carbons (Fsp3) is 0.643. The quantitative estimate of drug-likeness (QED) is 0.867. The second-order valence-corrected chi connectivity index (χ2v) is 5.67. The molecule has 2 aromatic rings. The molecule has 2 heterocycles. The zero-order valence-electron chi connectivity index (χ0n) is 12.3. The molecule has 8 heteroatoms. The zero-order chi connectivity index (χ0) is 15.7. The van der Waals surface area contributed by atoms with Crippen molar-refractivity contribution in [1.29, 1.82) is 0 Å². The van der Waals surface area contributed by atoms with Crippen LogP contribution in [0.15, 0.2) is 17.3 Å². The van der Waals surface area contributed by atoms with Gasteiger partial charge in [0.05, 0.1) is 12.8 Å². The van der Waals surface area contributed by atoms with Gasteiger partial charge in [-0.25, -0.2) is 18.3 Å². The molecule has 22 heavy (non-hydrogen) atoms. The lowest BCUT2D eigenvalue weighted by Gasteiger charge is -2.28. The SMILES string of the molecule is CCn1c(OCC2CCC(F)(F)CC2)nn2cncc2c1=O. The summed E-state index contributed by atoms with van der Waals surface area (Å²) in [6.07, 6.45) is 3.54. The summed E-state index contributed by atoms with van der Waals surface area (Å²) in [6.45, 7) is 2.54. The number of nitrogens with zero attached hydrogens (tertiary/aromatic N) is 4. The summed E-state index contributed by atoms with van der Waals surface area (Å²) in [4.78, 5) is 16.2. The Morgan fingerprint density at radius 1 is 1.41 bits per heavy atom. The van der Waals surface area contributed by atoms with E-state index in [-0.39, 0.29) is 30.3 Å². The molecule has 0 N–H and O–H groups in total. The van der Waals surface area contributed by atoms with Gasteiger partial charge in [-0.15, -0.1) is 5.10 Å². The van der Waals surface area contributed by atoms with Crippen molar-refractivity contribution < 1.29 is 13.5 Å². The maximum atomic E-state index is 13.1. The van der Waals surface area contributed by atoms with Crippen molar-refractivity contribution in [1.82, 2.24) is 19.2 Å². The first-order valence-electron chi connectivity index (χ1n) is 7.44. The van der Waals surface area contributed by atoms with E-state index in [4.69, 9.17) is 4.74 Å². The second kappa shape index (κ2) is 5.66. The first-order chi connectivity index (χ1) is 10.5. The molecule has 3 rings (SSSR count). The molecule has 0 atom stereocenters. The standard InChI is InChI=1S/C14H18F2N4O2/c1-2-19-12(21)11-7-17-9-20(11)18-13(19)22-8-10-3-5-14(15,16)6-4-10/h7,9-10H,2-6,8H2,1H3. The molecule has 0 radical (unpaired) electrons. The van der Waals surface area contributed by atoms with Gasteiger partial charge in [-0.2, -0.15) is 0 Å². The molecule has 0 aliphatic heterocycles. The van der Waals surface area contributed by atoms with Crippen LogP contribution in [0.1, 0.15) is 32.6 Å². The molecule has 1 saturated carbocycles. The topological polar surface area (TPSA) is 61.4 Å². The number of imidazole rings is 1. The van der Waals surface area contributed by atoms with Gasteiger partial charge in [0.15, 0.2) is 5.52 Å². The summed E-state index contributed by atoms with van der Waals surface area (Å²) in [6, 6.07) is 0.204. The molecule has 0 amide bonds. The molecular weight excluding hydrogens is 294 g/mol. The predicted molar refractivity (Wildman–Crippen MR) is 75.3 cm³/mol. The van der Waals surface area contributed by atoms with E-state index in [1.54, 1.807) is 0 Å². The molecule has 0 bridgehead atoms. The van der Waals surface area contributed by atoms with Crippen LogP contribution in [0.2, 0.25) is 0 Å². The number of fused-ring (bicyclic) bond motifs is 1. The lowest BCUT2D eigenvalue weighted by atomic mass is 9.87. The predicted octanol–water partition coefficient (Wildman–Crippen LogP) is 2.12. The fourth-order valence-electron chi connectivity index (χ4n) is 2.74. The average Bonchev–Trinajstić information content (AvgIpc) is 2.95. The van der Waals surface area contributed by atoms with Crippen LogP contribution in [0.5, 0.6) is 6.01 Å². The molecule has 1 fully saturated rings. The lowest BCUT2D eigenvalue weighted by Crippen LogP contribution is -2.29. The lowest BCUT2D eigenvalue weighted by molar-refractivity contribution is -0.0503. The Balaban J connectivity index is 1.75. The Labute approximate surface area is 125 Å². The Hall–Kier alpha value is -1.99. The van der Waals surface area contributed by atoms with Crippen molar-refractivity contribution in [2.75, 3.05) is 6.61 Å². The smallest absolute Gasteiger partial charge is 0.317 e. The highest BCUT2D eigenvalue weighted by Gasteiger charge is 2.35. The molecule has 1 aliphatic carbocycles.